The second-order valence-electron chi connectivity index (χ2n) is 5.82. The van der Waals surface area contributed by atoms with Gasteiger partial charge in [0.05, 0.1) is 6.42 Å². The zero-order chi connectivity index (χ0) is 16.2. The van der Waals surface area contributed by atoms with E-state index >= 15 is 0 Å². The smallest absolute Gasteiger partial charge is 0.231 e. The third kappa shape index (κ3) is 8.55. The van der Waals surface area contributed by atoms with Crippen molar-refractivity contribution in [2.24, 2.45) is 0 Å². The Morgan fingerprint density at radius 3 is 2.45 bits per heavy atom. The molecular weight excluding hydrogens is 276 g/mol. The van der Waals surface area contributed by atoms with E-state index in [1.54, 1.807) is 18.3 Å². The number of pyridine rings is 1. The molecule has 1 aromatic rings. The molecule has 0 radical (unpaired) electrons. The van der Waals surface area contributed by atoms with Crippen molar-refractivity contribution >= 4 is 17.4 Å². The SMILES string of the molecule is CCCCCCCCCC(=O)CC(=O)Nc1ccnc(C)c1. The third-order valence-corrected chi connectivity index (χ3v) is 3.60. The highest BCUT2D eigenvalue weighted by Gasteiger charge is 2.09. The minimum absolute atomic E-state index is 0.0248. The van der Waals surface area contributed by atoms with Gasteiger partial charge in [-0.05, 0) is 25.5 Å². The minimum Gasteiger partial charge on any atom is -0.326 e. The first kappa shape index (κ1) is 18.3. The molecule has 1 heterocycles. The highest BCUT2D eigenvalue weighted by Crippen LogP contribution is 2.10. The van der Waals surface area contributed by atoms with Crippen molar-refractivity contribution in [1.29, 1.82) is 0 Å². The molecule has 0 aromatic carbocycles. The summed E-state index contributed by atoms with van der Waals surface area (Å²) in [5, 5.41) is 2.74. The van der Waals surface area contributed by atoms with Crippen molar-refractivity contribution in [3.05, 3.63) is 24.0 Å². The maximum atomic E-state index is 11.8. The molecule has 0 spiro atoms. The van der Waals surface area contributed by atoms with E-state index in [1.165, 1.54) is 32.1 Å². The van der Waals surface area contributed by atoms with Crippen LogP contribution in [0.4, 0.5) is 5.69 Å². The lowest BCUT2D eigenvalue weighted by molar-refractivity contribution is -0.125. The fourth-order valence-electron chi connectivity index (χ4n) is 2.38. The summed E-state index contributed by atoms with van der Waals surface area (Å²) in [4.78, 5) is 27.6. The van der Waals surface area contributed by atoms with Crippen molar-refractivity contribution in [1.82, 2.24) is 4.98 Å². The fourth-order valence-corrected chi connectivity index (χ4v) is 2.38. The van der Waals surface area contributed by atoms with E-state index in [2.05, 4.69) is 17.2 Å². The summed E-state index contributed by atoms with van der Waals surface area (Å²) in [6.45, 7) is 4.07. The number of aryl methyl sites for hydroxylation is 1. The van der Waals surface area contributed by atoms with E-state index in [4.69, 9.17) is 0 Å². The van der Waals surface area contributed by atoms with E-state index in [-0.39, 0.29) is 18.1 Å². The molecule has 22 heavy (non-hydrogen) atoms. The third-order valence-electron chi connectivity index (χ3n) is 3.60. The molecule has 0 unspecified atom stereocenters. The van der Waals surface area contributed by atoms with Gasteiger partial charge in [-0.1, -0.05) is 45.4 Å². The normalized spacial score (nSPS) is 10.5. The van der Waals surface area contributed by atoms with Crippen LogP contribution in [-0.4, -0.2) is 16.7 Å². The van der Waals surface area contributed by atoms with E-state index in [0.717, 1.165) is 18.5 Å². The van der Waals surface area contributed by atoms with Crippen molar-refractivity contribution < 1.29 is 9.59 Å². The largest absolute Gasteiger partial charge is 0.326 e. The zero-order valence-corrected chi connectivity index (χ0v) is 13.9. The van der Waals surface area contributed by atoms with Gasteiger partial charge in [-0.3, -0.25) is 14.6 Å². The molecule has 0 saturated carbocycles. The van der Waals surface area contributed by atoms with E-state index in [9.17, 15) is 9.59 Å². The summed E-state index contributed by atoms with van der Waals surface area (Å²) in [6.07, 6.45) is 10.4. The Morgan fingerprint density at radius 1 is 1.09 bits per heavy atom. The molecule has 0 bridgehead atoms. The number of hydrogen-bond acceptors (Lipinski definition) is 3. The second kappa shape index (κ2) is 10.9. The van der Waals surface area contributed by atoms with Crippen molar-refractivity contribution in [3.8, 4) is 0 Å². The first-order chi connectivity index (χ1) is 10.6. The summed E-state index contributed by atoms with van der Waals surface area (Å²) in [7, 11) is 0. The van der Waals surface area contributed by atoms with Crippen LogP contribution in [0.25, 0.3) is 0 Å². The number of Topliss-reactive ketones (excluding diaryl/α,β-unsaturated/α-hetero) is 1. The van der Waals surface area contributed by atoms with E-state index in [0.29, 0.717) is 12.1 Å². The number of rotatable bonds is 11. The second-order valence-corrected chi connectivity index (χ2v) is 5.82. The number of nitrogens with zero attached hydrogens (tertiary/aromatic N) is 1. The maximum absolute atomic E-state index is 11.8. The number of anilines is 1. The number of carbonyl (C=O) groups excluding carboxylic acids is 2. The number of carbonyl (C=O) groups is 2. The molecule has 1 N–H and O–H groups in total. The fraction of sp³-hybridized carbons (Fsp3) is 0.611. The Labute approximate surface area is 133 Å². The molecule has 0 aliphatic carbocycles. The van der Waals surface area contributed by atoms with Crippen LogP contribution in [0.2, 0.25) is 0 Å². The van der Waals surface area contributed by atoms with Crippen molar-refractivity contribution in [3.63, 3.8) is 0 Å². The molecule has 1 aromatic heterocycles. The number of nitrogens with one attached hydrogen (secondary N) is 1. The van der Waals surface area contributed by atoms with Crippen LogP contribution in [0.3, 0.4) is 0 Å². The van der Waals surface area contributed by atoms with E-state index in [1.807, 2.05) is 6.92 Å². The van der Waals surface area contributed by atoms with Gasteiger partial charge in [-0.2, -0.15) is 0 Å². The Bertz CT molecular complexity index is 472. The monoisotopic (exact) mass is 304 g/mol. The molecule has 0 fully saturated rings. The van der Waals surface area contributed by atoms with Crippen LogP contribution < -0.4 is 5.32 Å². The molecule has 122 valence electrons. The lowest BCUT2D eigenvalue weighted by atomic mass is 10.1. The standard InChI is InChI=1S/C18H28N2O2/c1-3-4-5-6-7-8-9-10-17(21)14-18(22)20-16-11-12-19-15(2)13-16/h11-13H,3-10,14H2,1-2H3,(H,19,20,22). The van der Waals surface area contributed by atoms with Crippen molar-refractivity contribution in [2.45, 2.75) is 71.6 Å². The quantitative estimate of drug-likeness (QED) is 0.486. The number of aromatic nitrogens is 1. The zero-order valence-electron chi connectivity index (χ0n) is 13.9. The number of unbranched alkanes of at least 4 members (excludes halogenated alkanes) is 6. The highest BCUT2D eigenvalue weighted by molar-refractivity contribution is 6.04. The van der Waals surface area contributed by atoms with Gasteiger partial charge in [0, 0.05) is 24.0 Å². The highest BCUT2D eigenvalue weighted by atomic mass is 16.2. The predicted molar refractivity (Wildman–Crippen MR) is 89.8 cm³/mol. The molecule has 0 atom stereocenters. The van der Waals surface area contributed by atoms with Crippen LogP contribution in [-0.2, 0) is 9.59 Å². The van der Waals surface area contributed by atoms with Crippen molar-refractivity contribution in [2.75, 3.05) is 5.32 Å². The number of hydrogen-bond donors (Lipinski definition) is 1. The molecule has 0 aliphatic rings. The topological polar surface area (TPSA) is 59.1 Å². The molecule has 0 saturated heterocycles. The summed E-state index contributed by atoms with van der Waals surface area (Å²) in [5.41, 5.74) is 1.54. The summed E-state index contributed by atoms with van der Waals surface area (Å²) < 4.78 is 0. The lowest BCUT2D eigenvalue weighted by Crippen LogP contribution is -2.16. The average Bonchev–Trinajstić information content (AvgIpc) is 2.46. The van der Waals surface area contributed by atoms with E-state index < -0.39 is 0 Å². The number of amides is 1. The molecular formula is C18H28N2O2. The molecule has 4 heteroatoms. The Kier molecular flexibility index (Phi) is 9.12. The molecule has 1 rings (SSSR count). The maximum Gasteiger partial charge on any atom is 0.231 e. The van der Waals surface area contributed by atoms with Gasteiger partial charge < -0.3 is 5.32 Å². The van der Waals surface area contributed by atoms with Gasteiger partial charge in [-0.15, -0.1) is 0 Å². The van der Waals surface area contributed by atoms with Gasteiger partial charge in [0.1, 0.15) is 5.78 Å². The Balaban J connectivity index is 2.12. The average molecular weight is 304 g/mol. The number of ketones is 1. The Morgan fingerprint density at radius 2 is 1.77 bits per heavy atom. The minimum atomic E-state index is -0.237. The molecule has 0 aliphatic heterocycles. The van der Waals surface area contributed by atoms with Gasteiger partial charge in [-0.25, -0.2) is 0 Å². The first-order valence-electron chi connectivity index (χ1n) is 8.36. The van der Waals surface area contributed by atoms with Crippen LogP contribution in [0.1, 0.15) is 70.4 Å². The van der Waals surface area contributed by atoms with Gasteiger partial charge >= 0.3 is 0 Å². The van der Waals surface area contributed by atoms with Crippen LogP contribution >= 0.6 is 0 Å². The van der Waals surface area contributed by atoms with Gasteiger partial charge in [0.15, 0.2) is 0 Å². The summed E-state index contributed by atoms with van der Waals surface area (Å²) in [5.74, 6) is -0.213. The van der Waals surface area contributed by atoms with Crippen LogP contribution in [0.15, 0.2) is 18.3 Å². The lowest BCUT2D eigenvalue weighted by Gasteiger charge is -2.05. The van der Waals surface area contributed by atoms with Gasteiger partial charge in [0.2, 0.25) is 5.91 Å². The summed E-state index contributed by atoms with van der Waals surface area (Å²) >= 11 is 0. The Hall–Kier alpha value is -1.71. The van der Waals surface area contributed by atoms with Crippen LogP contribution in [0, 0.1) is 6.92 Å². The predicted octanol–water partition coefficient (Wildman–Crippen LogP) is 4.43. The van der Waals surface area contributed by atoms with Crippen LogP contribution in [0.5, 0.6) is 0 Å². The van der Waals surface area contributed by atoms with Gasteiger partial charge in [0.25, 0.3) is 0 Å². The molecule has 4 nitrogen and oxygen atoms in total. The first-order valence-corrected chi connectivity index (χ1v) is 8.36. The summed E-state index contributed by atoms with van der Waals surface area (Å²) in [6, 6.07) is 3.52. The molecule has 1 amide bonds.